The SMILES string of the molecule is Cc1cc(Oc2nc[nH]c(=O)c2N)cc(C)c1Br. The van der Waals surface area contributed by atoms with Crippen LogP contribution in [0, 0.1) is 13.8 Å². The van der Waals surface area contributed by atoms with Crippen LogP contribution in [0.5, 0.6) is 11.6 Å². The Morgan fingerprint density at radius 1 is 1.33 bits per heavy atom. The van der Waals surface area contributed by atoms with Gasteiger partial charge in [0.2, 0.25) is 5.88 Å². The number of aryl methyl sites for hydroxylation is 2. The predicted octanol–water partition coefficient (Wildman–Crippen LogP) is 2.52. The average Bonchev–Trinajstić information content (AvgIpc) is 2.32. The van der Waals surface area contributed by atoms with E-state index in [1.165, 1.54) is 6.33 Å². The molecule has 0 aliphatic rings. The second-order valence-corrected chi connectivity index (χ2v) is 4.72. The van der Waals surface area contributed by atoms with E-state index >= 15 is 0 Å². The summed E-state index contributed by atoms with van der Waals surface area (Å²) < 4.78 is 6.56. The summed E-state index contributed by atoms with van der Waals surface area (Å²) >= 11 is 3.47. The third kappa shape index (κ3) is 2.38. The van der Waals surface area contributed by atoms with Gasteiger partial charge >= 0.3 is 0 Å². The van der Waals surface area contributed by atoms with Gasteiger partial charge in [-0.1, -0.05) is 15.9 Å². The van der Waals surface area contributed by atoms with Crippen LogP contribution >= 0.6 is 15.9 Å². The molecule has 1 heterocycles. The lowest BCUT2D eigenvalue weighted by molar-refractivity contribution is 0.462. The number of nitrogen functional groups attached to an aromatic ring is 1. The maximum Gasteiger partial charge on any atom is 0.277 e. The molecular weight excluding hydrogens is 298 g/mol. The normalized spacial score (nSPS) is 10.4. The second kappa shape index (κ2) is 4.81. The van der Waals surface area contributed by atoms with Crippen molar-refractivity contribution in [2.45, 2.75) is 13.8 Å². The lowest BCUT2D eigenvalue weighted by Crippen LogP contribution is -2.13. The molecule has 94 valence electrons. The number of hydrogen-bond acceptors (Lipinski definition) is 4. The number of nitrogens with one attached hydrogen (secondary N) is 1. The van der Waals surface area contributed by atoms with Crippen molar-refractivity contribution in [3.8, 4) is 11.6 Å². The molecule has 0 saturated heterocycles. The Hall–Kier alpha value is -1.82. The zero-order valence-corrected chi connectivity index (χ0v) is 11.5. The summed E-state index contributed by atoms with van der Waals surface area (Å²) in [5.41, 5.74) is 7.22. The van der Waals surface area contributed by atoms with Crippen LogP contribution in [0.1, 0.15) is 11.1 Å². The first-order chi connectivity index (χ1) is 8.49. The molecule has 1 aromatic carbocycles. The van der Waals surface area contributed by atoms with Crippen LogP contribution in [0.25, 0.3) is 0 Å². The van der Waals surface area contributed by atoms with E-state index < -0.39 is 5.56 Å². The monoisotopic (exact) mass is 309 g/mol. The Balaban J connectivity index is 2.40. The largest absolute Gasteiger partial charge is 0.437 e. The summed E-state index contributed by atoms with van der Waals surface area (Å²) in [5, 5.41) is 0. The van der Waals surface area contributed by atoms with Gasteiger partial charge in [0.1, 0.15) is 5.75 Å². The van der Waals surface area contributed by atoms with Crippen molar-refractivity contribution >= 4 is 21.6 Å². The smallest absolute Gasteiger partial charge is 0.277 e. The van der Waals surface area contributed by atoms with E-state index in [0.29, 0.717) is 5.75 Å². The van der Waals surface area contributed by atoms with Gasteiger partial charge in [0.25, 0.3) is 5.56 Å². The quantitative estimate of drug-likeness (QED) is 0.893. The molecule has 0 saturated carbocycles. The van der Waals surface area contributed by atoms with Crippen LogP contribution in [-0.2, 0) is 0 Å². The molecule has 0 fully saturated rings. The summed E-state index contributed by atoms with van der Waals surface area (Å²) in [5.74, 6) is 0.706. The summed E-state index contributed by atoms with van der Waals surface area (Å²) in [6.07, 6.45) is 1.26. The minimum atomic E-state index is -0.412. The second-order valence-electron chi connectivity index (χ2n) is 3.92. The maximum absolute atomic E-state index is 11.3. The Kier molecular flexibility index (Phi) is 3.38. The zero-order chi connectivity index (χ0) is 13.3. The summed E-state index contributed by atoms with van der Waals surface area (Å²) in [6, 6.07) is 3.69. The van der Waals surface area contributed by atoms with E-state index in [-0.39, 0.29) is 11.6 Å². The number of nitrogens with zero attached hydrogens (tertiary/aromatic N) is 1. The highest BCUT2D eigenvalue weighted by Gasteiger charge is 2.09. The summed E-state index contributed by atoms with van der Waals surface area (Å²) in [7, 11) is 0. The van der Waals surface area contributed by atoms with Crippen molar-refractivity contribution < 1.29 is 4.74 Å². The lowest BCUT2D eigenvalue weighted by Gasteiger charge is -2.09. The highest BCUT2D eigenvalue weighted by atomic mass is 79.9. The van der Waals surface area contributed by atoms with E-state index in [9.17, 15) is 4.79 Å². The van der Waals surface area contributed by atoms with E-state index in [1.807, 2.05) is 26.0 Å². The van der Waals surface area contributed by atoms with E-state index in [1.54, 1.807) is 0 Å². The molecule has 0 bridgehead atoms. The van der Waals surface area contributed by atoms with Gasteiger partial charge in [-0.25, -0.2) is 4.98 Å². The molecule has 0 aliphatic carbocycles. The van der Waals surface area contributed by atoms with Gasteiger partial charge in [-0.2, -0.15) is 0 Å². The number of anilines is 1. The first-order valence-electron chi connectivity index (χ1n) is 5.27. The van der Waals surface area contributed by atoms with E-state index in [2.05, 4.69) is 25.9 Å². The number of rotatable bonds is 2. The molecule has 3 N–H and O–H groups in total. The van der Waals surface area contributed by atoms with Gasteiger partial charge in [-0.3, -0.25) is 4.79 Å². The molecule has 6 heteroatoms. The first kappa shape index (κ1) is 12.6. The molecule has 5 nitrogen and oxygen atoms in total. The molecule has 2 aromatic rings. The molecule has 2 rings (SSSR count). The number of hydrogen-bond donors (Lipinski definition) is 2. The minimum absolute atomic E-state index is 0.0317. The Morgan fingerprint density at radius 3 is 2.56 bits per heavy atom. The number of aromatic amines is 1. The molecular formula is C12H12BrN3O2. The maximum atomic E-state index is 11.3. The van der Waals surface area contributed by atoms with Crippen LogP contribution in [-0.4, -0.2) is 9.97 Å². The van der Waals surface area contributed by atoms with Crippen molar-refractivity contribution in [2.24, 2.45) is 0 Å². The van der Waals surface area contributed by atoms with Gasteiger partial charge in [0.05, 0.1) is 6.33 Å². The number of nitrogens with two attached hydrogens (primary N) is 1. The molecule has 0 unspecified atom stereocenters. The molecule has 0 aliphatic heterocycles. The van der Waals surface area contributed by atoms with Crippen molar-refractivity contribution in [3.63, 3.8) is 0 Å². The first-order valence-corrected chi connectivity index (χ1v) is 6.06. The van der Waals surface area contributed by atoms with Gasteiger partial charge in [-0.05, 0) is 37.1 Å². The number of H-pyrrole nitrogens is 1. The number of ether oxygens (including phenoxy) is 1. The third-order valence-electron chi connectivity index (χ3n) is 2.48. The number of aromatic nitrogens is 2. The van der Waals surface area contributed by atoms with E-state index in [0.717, 1.165) is 15.6 Å². The van der Waals surface area contributed by atoms with Gasteiger partial charge < -0.3 is 15.5 Å². The van der Waals surface area contributed by atoms with Crippen LogP contribution in [0.15, 0.2) is 27.7 Å². The predicted molar refractivity (Wildman–Crippen MR) is 73.0 cm³/mol. The molecule has 1 aromatic heterocycles. The number of halogens is 1. The summed E-state index contributed by atoms with van der Waals surface area (Å²) in [4.78, 5) is 17.6. The van der Waals surface area contributed by atoms with Crippen molar-refractivity contribution in [3.05, 3.63) is 44.4 Å². The molecule has 0 atom stereocenters. The van der Waals surface area contributed by atoms with Crippen molar-refractivity contribution in [1.82, 2.24) is 9.97 Å². The topological polar surface area (TPSA) is 81.0 Å². The summed E-state index contributed by atoms with van der Waals surface area (Å²) in [6.45, 7) is 3.91. The molecule has 18 heavy (non-hydrogen) atoms. The Labute approximate surface area is 112 Å². The molecule has 0 radical (unpaired) electrons. The molecule has 0 spiro atoms. The highest BCUT2D eigenvalue weighted by molar-refractivity contribution is 9.10. The Bertz CT molecular complexity index is 629. The lowest BCUT2D eigenvalue weighted by atomic mass is 10.1. The van der Waals surface area contributed by atoms with E-state index in [4.69, 9.17) is 10.5 Å². The fraction of sp³-hybridized carbons (Fsp3) is 0.167. The van der Waals surface area contributed by atoms with Gasteiger partial charge in [0, 0.05) is 4.47 Å². The van der Waals surface area contributed by atoms with Crippen LogP contribution in [0.2, 0.25) is 0 Å². The standard InChI is InChI=1S/C12H12BrN3O2/c1-6-3-8(4-7(2)9(6)13)18-12-10(14)11(17)15-5-16-12/h3-5H,14H2,1-2H3,(H,15,16,17). The van der Waals surface area contributed by atoms with Crippen LogP contribution < -0.4 is 16.0 Å². The van der Waals surface area contributed by atoms with Gasteiger partial charge in [0.15, 0.2) is 5.69 Å². The Morgan fingerprint density at radius 2 is 1.94 bits per heavy atom. The van der Waals surface area contributed by atoms with Gasteiger partial charge in [-0.15, -0.1) is 0 Å². The highest BCUT2D eigenvalue weighted by Crippen LogP contribution is 2.29. The van der Waals surface area contributed by atoms with Crippen molar-refractivity contribution in [1.29, 1.82) is 0 Å². The van der Waals surface area contributed by atoms with Crippen LogP contribution in [0.4, 0.5) is 5.69 Å². The zero-order valence-electron chi connectivity index (χ0n) is 9.95. The molecule has 0 amide bonds. The minimum Gasteiger partial charge on any atom is -0.437 e. The third-order valence-corrected chi connectivity index (χ3v) is 3.73. The van der Waals surface area contributed by atoms with Crippen molar-refractivity contribution in [2.75, 3.05) is 5.73 Å². The van der Waals surface area contributed by atoms with Crippen LogP contribution in [0.3, 0.4) is 0 Å². The number of benzene rings is 1. The fourth-order valence-corrected chi connectivity index (χ4v) is 1.78. The average molecular weight is 310 g/mol. The fourth-order valence-electron chi connectivity index (χ4n) is 1.55.